The van der Waals surface area contributed by atoms with Crippen molar-refractivity contribution < 1.29 is 37.9 Å². The lowest BCUT2D eigenvalue weighted by Crippen LogP contribution is -2.22. The van der Waals surface area contributed by atoms with Crippen LogP contribution in [-0.4, -0.2) is 42.6 Å². The summed E-state index contributed by atoms with van der Waals surface area (Å²) in [7, 11) is 0. The van der Waals surface area contributed by atoms with Gasteiger partial charge in [0.15, 0.2) is 6.61 Å². The van der Waals surface area contributed by atoms with Gasteiger partial charge in [-0.05, 0) is 32.9 Å². The van der Waals surface area contributed by atoms with Gasteiger partial charge in [0.2, 0.25) is 5.88 Å². The first kappa shape index (κ1) is 22.4. The van der Waals surface area contributed by atoms with Gasteiger partial charge in [0.05, 0.1) is 18.1 Å². The predicted molar refractivity (Wildman–Crippen MR) is 103 cm³/mol. The summed E-state index contributed by atoms with van der Waals surface area (Å²) in [5, 5.41) is 13.0. The fraction of sp³-hybridized carbons (Fsp3) is 0.316. The van der Waals surface area contributed by atoms with Crippen LogP contribution in [0.3, 0.4) is 0 Å². The number of amides is 1. The van der Waals surface area contributed by atoms with Crippen LogP contribution < -0.4 is 10.1 Å². The first-order chi connectivity index (χ1) is 14.3. The first-order valence-corrected chi connectivity index (χ1v) is 8.93. The van der Waals surface area contributed by atoms with Crippen molar-refractivity contribution in [3.05, 3.63) is 51.3 Å². The van der Waals surface area contributed by atoms with Gasteiger partial charge in [0.1, 0.15) is 22.6 Å². The molecule has 0 radical (unpaired) electrons. The Labute approximate surface area is 171 Å². The molecule has 0 aliphatic rings. The second kappa shape index (κ2) is 10.0. The molecular weight excluding hydrogens is 400 g/mol. The molecule has 1 amide bonds. The first-order valence-electron chi connectivity index (χ1n) is 8.93. The van der Waals surface area contributed by atoms with Gasteiger partial charge in [0.25, 0.3) is 11.6 Å². The Kier molecular flexibility index (Phi) is 7.50. The van der Waals surface area contributed by atoms with Crippen molar-refractivity contribution in [1.29, 1.82) is 0 Å². The molecule has 11 heteroatoms. The molecule has 0 unspecified atom stereocenters. The number of nitro groups is 1. The Balaban J connectivity index is 2.16. The van der Waals surface area contributed by atoms with Crippen LogP contribution in [0.1, 0.15) is 40.3 Å². The van der Waals surface area contributed by atoms with Gasteiger partial charge in [-0.15, -0.1) is 0 Å². The van der Waals surface area contributed by atoms with Crippen molar-refractivity contribution in [2.24, 2.45) is 0 Å². The van der Waals surface area contributed by atoms with E-state index in [2.05, 4.69) is 5.32 Å². The van der Waals surface area contributed by atoms with Gasteiger partial charge in [-0.2, -0.15) is 0 Å². The van der Waals surface area contributed by atoms with E-state index < -0.39 is 29.4 Å². The molecule has 0 saturated heterocycles. The summed E-state index contributed by atoms with van der Waals surface area (Å²) >= 11 is 0. The predicted octanol–water partition coefficient (Wildman–Crippen LogP) is 2.87. The van der Waals surface area contributed by atoms with Gasteiger partial charge >= 0.3 is 11.9 Å². The van der Waals surface area contributed by atoms with Crippen LogP contribution in [-0.2, 0) is 14.3 Å². The second-order valence-corrected chi connectivity index (χ2v) is 5.77. The zero-order chi connectivity index (χ0) is 22.3. The number of carbonyl (C=O) groups is 3. The largest absolute Gasteiger partial charge is 0.484 e. The molecule has 0 saturated carbocycles. The van der Waals surface area contributed by atoms with Crippen LogP contribution in [0.2, 0.25) is 0 Å². The quantitative estimate of drug-likeness (QED) is 0.367. The van der Waals surface area contributed by atoms with Crippen molar-refractivity contribution in [3.8, 4) is 5.75 Å². The maximum Gasteiger partial charge on any atom is 0.344 e. The van der Waals surface area contributed by atoms with E-state index in [1.165, 1.54) is 31.2 Å². The third-order valence-electron chi connectivity index (χ3n) is 3.71. The van der Waals surface area contributed by atoms with Crippen LogP contribution >= 0.6 is 0 Å². The van der Waals surface area contributed by atoms with Gasteiger partial charge < -0.3 is 18.6 Å². The number of hydrogen-bond acceptors (Lipinski definition) is 9. The number of nitrogens with zero attached hydrogens (tertiary/aromatic N) is 1. The molecule has 0 spiro atoms. The number of hydrogen-bond donors (Lipinski definition) is 1. The van der Waals surface area contributed by atoms with Crippen LogP contribution in [0.5, 0.6) is 5.75 Å². The van der Waals surface area contributed by atoms with Crippen molar-refractivity contribution in [2.45, 2.75) is 20.8 Å². The van der Waals surface area contributed by atoms with E-state index in [1.807, 2.05) is 0 Å². The summed E-state index contributed by atoms with van der Waals surface area (Å²) in [5.74, 6) is -2.31. The Morgan fingerprint density at radius 2 is 1.60 bits per heavy atom. The molecule has 0 bridgehead atoms. The number of nitro benzene ring substituents is 1. The Morgan fingerprint density at radius 3 is 2.13 bits per heavy atom. The molecule has 0 aliphatic carbocycles. The van der Waals surface area contributed by atoms with Crippen LogP contribution in [0, 0.1) is 17.0 Å². The number of ether oxygens (including phenoxy) is 3. The maximum absolute atomic E-state index is 12.3. The van der Waals surface area contributed by atoms with Gasteiger partial charge in [0, 0.05) is 12.1 Å². The maximum atomic E-state index is 12.3. The summed E-state index contributed by atoms with van der Waals surface area (Å²) in [6.45, 7) is 4.28. The summed E-state index contributed by atoms with van der Waals surface area (Å²) in [6.07, 6.45) is 0. The lowest BCUT2D eigenvalue weighted by atomic mass is 10.1. The van der Waals surface area contributed by atoms with Crippen LogP contribution in [0.25, 0.3) is 0 Å². The molecule has 0 aliphatic heterocycles. The van der Waals surface area contributed by atoms with Gasteiger partial charge in [-0.3, -0.25) is 20.2 Å². The van der Waals surface area contributed by atoms with Gasteiger partial charge in [-0.1, -0.05) is 0 Å². The monoisotopic (exact) mass is 420 g/mol. The lowest BCUT2D eigenvalue weighted by Gasteiger charge is -2.08. The standard InChI is InChI=1S/C19H20N2O9/c1-4-27-18(23)15-11(3)30-17(16(15)19(24)28-5-2)20-14(22)10-29-13-8-6-12(7-9-13)21(25)26/h6-9H,4-5,10H2,1-3H3,(H,20,22). The number of aryl methyl sites for hydroxylation is 1. The van der Waals surface area contributed by atoms with E-state index in [4.69, 9.17) is 18.6 Å². The molecule has 1 heterocycles. The molecular formula is C19H20N2O9. The molecule has 1 N–H and O–H groups in total. The molecule has 160 valence electrons. The summed E-state index contributed by atoms with van der Waals surface area (Å²) < 4.78 is 20.5. The number of esters is 2. The van der Waals surface area contributed by atoms with Crippen molar-refractivity contribution in [2.75, 3.05) is 25.1 Å². The highest BCUT2D eigenvalue weighted by Gasteiger charge is 2.31. The van der Waals surface area contributed by atoms with Crippen molar-refractivity contribution >= 4 is 29.4 Å². The molecule has 2 aromatic rings. The van der Waals surface area contributed by atoms with E-state index in [1.54, 1.807) is 13.8 Å². The summed E-state index contributed by atoms with van der Waals surface area (Å²) in [5.41, 5.74) is -0.512. The minimum atomic E-state index is -0.857. The fourth-order valence-corrected chi connectivity index (χ4v) is 2.46. The highest BCUT2D eigenvalue weighted by atomic mass is 16.6. The Morgan fingerprint density at radius 1 is 1.03 bits per heavy atom. The number of anilines is 1. The van der Waals surface area contributed by atoms with Gasteiger partial charge in [-0.25, -0.2) is 9.59 Å². The molecule has 11 nitrogen and oxygen atoms in total. The number of non-ortho nitro benzene ring substituents is 1. The average Bonchev–Trinajstić information content (AvgIpc) is 3.02. The number of rotatable bonds is 9. The second-order valence-electron chi connectivity index (χ2n) is 5.77. The van der Waals surface area contributed by atoms with E-state index in [-0.39, 0.29) is 47.4 Å². The Hall–Kier alpha value is -3.89. The fourth-order valence-electron chi connectivity index (χ4n) is 2.46. The summed E-state index contributed by atoms with van der Waals surface area (Å²) in [6, 6.07) is 5.14. The van der Waals surface area contributed by atoms with Crippen molar-refractivity contribution in [1.82, 2.24) is 0 Å². The number of carbonyl (C=O) groups excluding carboxylic acids is 3. The summed E-state index contributed by atoms with van der Waals surface area (Å²) in [4.78, 5) is 46.9. The molecule has 30 heavy (non-hydrogen) atoms. The molecule has 2 rings (SSSR count). The van der Waals surface area contributed by atoms with Crippen LogP contribution in [0.15, 0.2) is 28.7 Å². The third kappa shape index (κ3) is 5.34. The topological polar surface area (TPSA) is 147 Å². The van der Waals surface area contributed by atoms with Crippen LogP contribution in [0.4, 0.5) is 11.6 Å². The molecule has 0 fully saturated rings. The lowest BCUT2D eigenvalue weighted by molar-refractivity contribution is -0.384. The zero-order valence-electron chi connectivity index (χ0n) is 16.6. The smallest absolute Gasteiger partial charge is 0.344 e. The minimum Gasteiger partial charge on any atom is -0.484 e. The zero-order valence-corrected chi connectivity index (χ0v) is 16.6. The number of furan rings is 1. The third-order valence-corrected chi connectivity index (χ3v) is 3.71. The molecule has 0 atom stereocenters. The molecule has 1 aromatic carbocycles. The van der Waals surface area contributed by atoms with E-state index in [9.17, 15) is 24.5 Å². The highest BCUT2D eigenvalue weighted by Crippen LogP contribution is 2.29. The Bertz CT molecular complexity index is 948. The average molecular weight is 420 g/mol. The number of nitrogens with one attached hydrogen (secondary N) is 1. The minimum absolute atomic E-state index is 0.0436. The van der Waals surface area contributed by atoms with E-state index in [0.29, 0.717) is 0 Å². The van der Waals surface area contributed by atoms with E-state index >= 15 is 0 Å². The van der Waals surface area contributed by atoms with Crippen molar-refractivity contribution in [3.63, 3.8) is 0 Å². The highest BCUT2D eigenvalue weighted by molar-refractivity contribution is 6.09. The SMILES string of the molecule is CCOC(=O)c1c(C)oc(NC(=O)COc2ccc([N+](=O)[O-])cc2)c1C(=O)OCC. The van der Waals surface area contributed by atoms with E-state index in [0.717, 1.165) is 0 Å². The molecule has 1 aromatic heterocycles. The number of benzene rings is 1. The normalized spacial score (nSPS) is 10.2.